The molecule has 1 aliphatic heterocycles. The molecule has 0 spiro atoms. The van der Waals surface area contributed by atoms with Crippen LogP contribution in [0.25, 0.3) is 21.8 Å². The number of benzene rings is 3. The molecule has 0 amide bonds. The highest BCUT2D eigenvalue weighted by Gasteiger charge is 2.22. The Balaban J connectivity index is 1.59. The monoisotopic (exact) mass is 340 g/mol. The van der Waals surface area contributed by atoms with Gasteiger partial charge in [-0.05, 0) is 18.2 Å². The van der Waals surface area contributed by atoms with E-state index in [4.69, 9.17) is 4.84 Å². The molecular weight excluding hydrogens is 324 g/mol. The maximum atomic E-state index is 12.2. The van der Waals surface area contributed by atoms with Crippen molar-refractivity contribution in [3.8, 4) is 0 Å². The zero-order valence-corrected chi connectivity index (χ0v) is 14.1. The van der Waals surface area contributed by atoms with E-state index < -0.39 is 5.97 Å². The Labute approximate surface area is 150 Å². The summed E-state index contributed by atoms with van der Waals surface area (Å²) >= 11 is 0. The van der Waals surface area contributed by atoms with Crippen molar-refractivity contribution in [1.82, 2.24) is 4.57 Å². The van der Waals surface area contributed by atoms with Crippen molar-refractivity contribution in [2.45, 2.75) is 13.0 Å². The molecule has 0 aliphatic carbocycles. The predicted octanol–water partition coefficient (Wildman–Crippen LogP) is 4.76. The number of hydrogen-bond donors (Lipinski definition) is 0. The van der Waals surface area contributed by atoms with Gasteiger partial charge in [-0.1, -0.05) is 59.8 Å². The molecule has 0 saturated heterocycles. The Morgan fingerprint density at radius 2 is 1.65 bits per heavy atom. The Morgan fingerprint density at radius 1 is 0.885 bits per heavy atom. The third-order valence-electron chi connectivity index (χ3n) is 4.92. The summed E-state index contributed by atoms with van der Waals surface area (Å²) in [5.41, 5.74) is 4.74. The molecule has 0 atom stereocenters. The van der Waals surface area contributed by atoms with Gasteiger partial charge in [0.05, 0.1) is 16.8 Å². The molecular formula is C22H16N2O2. The minimum Gasteiger partial charge on any atom is -0.340 e. The van der Waals surface area contributed by atoms with Gasteiger partial charge in [0.25, 0.3) is 0 Å². The maximum absolute atomic E-state index is 12.2. The van der Waals surface area contributed by atoms with Gasteiger partial charge in [-0.25, -0.2) is 4.79 Å². The van der Waals surface area contributed by atoms with Crippen LogP contribution in [0.15, 0.2) is 78.0 Å². The standard InChI is InChI=1S/C22H16N2O2/c25-22(15-7-2-1-3-8-15)26-23-19-13-14-24-20-12-5-4-9-16(20)17-10-6-11-18(19)21(17)24/h1-12H,13-14H2/b23-19+. The van der Waals surface area contributed by atoms with E-state index in [9.17, 15) is 4.79 Å². The summed E-state index contributed by atoms with van der Waals surface area (Å²) in [6.45, 7) is 0.822. The van der Waals surface area contributed by atoms with Crippen LogP contribution in [0, 0.1) is 0 Å². The summed E-state index contributed by atoms with van der Waals surface area (Å²) in [6, 6.07) is 23.6. The van der Waals surface area contributed by atoms with E-state index in [1.807, 2.05) is 30.3 Å². The first kappa shape index (κ1) is 14.9. The van der Waals surface area contributed by atoms with Gasteiger partial charge in [0.2, 0.25) is 0 Å². The second-order valence-corrected chi connectivity index (χ2v) is 6.40. The number of hydrogen-bond acceptors (Lipinski definition) is 3. The van der Waals surface area contributed by atoms with Crippen molar-refractivity contribution >= 4 is 33.5 Å². The summed E-state index contributed by atoms with van der Waals surface area (Å²) in [5, 5.41) is 6.66. The minimum atomic E-state index is -0.434. The summed E-state index contributed by atoms with van der Waals surface area (Å²) in [7, 11) is 0. The second kappa shape index (κ2) is 5.85. The number of carbonyl (C=O) groups excluding carboxylic acids is 1. The molecule has 0 radical (unpaired) electrons. The fourth-order valence-corrected chi connectivity index (χ4v) is 3.74. The third kappa shape index (κ3) is 2.23. The summed E-state index contributed by atoms with van der Waals surface area (Å²) < 4.78 is 2.33. The minimum absolute atomic E-state index is 0.434. The van der Waals surface area contributed by atoms with Crippen LogP contribution >= 0.6 is 0 Å². The number of oxime groups is 1. The molecule has 0 saturated carbocycles. The molecule has 1 aromatic heterocycles. The fourth-order valence-electron chi connectivity index (χ4n) is 3.74. The van der Waals surface area contributed by atoms with E-state index in [1.54, 1.807) is 12.1 Å². The summed E-state index contributed by atoms with van der Waals surface area (Å²) in [5.74, 6) is -0.434. The largest absolute Gasteiger partial charge is 0.365 e. The van der Waals surface area contributed by atoms with Gasteiger partial charge in [0.15, 0.2) is 0 Å². The molecule has 4 nitrogen and oxygen atoms in total. The zero-order valence-electron chi connectivity index (χ0n) is 14.1. The van der Waals surface area contributed by atoms with Crippen LogP contribution in [-0.4, -0.2) is 16.2 Å². The van der Waals surface area contributed by atoms with Gasteiger partial charge >= 0.3 is 5.97 Å². The van der Waals surface area contributed by atoms with Crippen LogP contribution < -0.4 is 0 Å². The first-order chi connectivity index (χ1) is 12.8. The number of para-hydroxylation sites is 2. The molecule has 0 bridgehead atoms. The molecule has 2 heterocycles. The lowest BCUT2D eigenvalue weighted by Gasteiger charge is -2.17. The van der Waals surface area contributed by atoms with Gasteiger partial charge in [0.1, 0.15) is 0 Å². The highest BCUT2D eigenvalue weighted by Crippen LogP contribution is 2.34. The van der Waals surface area contributed by atoms with Gasteiger partial charge in [-0.3, -0.25) is 0 Å². The van der Waals surface area contributed by atoms with Crippen molar-refractivity contribution in [2.24, 2.45) is 5.16 Å². The lowest BCUT2D eigenvalue weighted by Crippen LogP contribution is -2.16. The molecule has 0 N–H and O–H groups in total. The molecule has 126 valence electrons. The van der Waals surface area contributed by atoms with Gasteiger partial charge in [0, 0.05) is 34.8 Å². The van der Waals surface area contributed by atoms with E-state index >= 15 is 0 Å². The quantitative estimate of drug-likeness (QED) is 0.390. The van der Waals surface area contributed by atoms with E-state index in [2.05, 4.69) is 40.1 Å². The average Bonchev–Trinajstić information content (AvgIpc) is 3.04. The lowest BCUT2D eigenvalue weighted by atomic mass is 10.0. The second-order valence-electron chi connectivity index (χ2n) is 6.40. The molecule has 0 unspecified atom stereocenters. The Morgan fingerprint density at radius 3 is 2.54 bits per heavy atom. The predicted molar refractivity (Wildman–Crippen MR) is 102 cm³/mol. The van der Waals surface area contributed by atoms with Crippen LogP contribution in [0.2, 0.25) is 0 Å². The van der Waals surface area contributed by atoms with E-state index in [1.165, 1.54) is 16.3 Å². The van der Waals surface area contributed by atoms with E-state index in [0.717, 1.165) is 29.8 Å². The maximum Gasteiger partial charge on any atom is 0.365 e. The SMILES string of the molecule is O=C(O/N=C1\CCn2c3ccccc3c3cccc1c32)c1ccccc1. The first-order valence-corrected chi connectivity index (χ1v) is 8.66. The molecule has 4 aromatic rings. The van der Waals surface area contributed by atoms with Gasteiger partial charge < -0.3 is 9.40 Å². The zero-order chi connectivity index (χ0) is 17.5. The van der Waals surface area contributed by atoms with Gasteiger partial charge in [-0.15, -0.1) is 0 Å². The van der Waals surface area contributed by atoms with Crippen LogP contribution in [0.4, 0.5) is 0 Å². The lowest BCUT2D eigenvalue weighted by molar-refractivity contribution is 0.0515. The smallest absolute Gasteiger partial charge is 0.340 e. The van der Waals surface area contributed by atoms with Crippen molar-refractivity contribution in [2.75, 3.05) is 0 Å². The van der Waals surface area contributed by atoms with E-state index in [0.29, 0.717) is 5.56 Å². The normalized spacial score (nSPS) is 14.8. The highest BCUT2D eigenvalue weighted by atomic mass is 16.7. The van der Waals surface area contributed by atoms with Gasteiger partial charge in [-0.2, -0.15) is 0 Å². The topological polar surface area (TPSA) is 43.6 Å². The molecule has 0 fully saturated rings. The van der Waals surface area contributed by atoms with Crippen molar-refractivity contribution in [3.05, 3.63) is 83.9 Å². The van der Waals surface area contributed by atoms with Crippen LogP contribution in [0.1, 0.15) is 22.3 Å². The summed E-state index contributed by atoms with van der Waals surface area (Å²) in [6.07, 6.45) is 0.729. The number of rotatable bonds is 2. The highest BCUT2D eigenvalue weighted by molar-refractivity contribution is 6.18. The number of aromatic nitrogens is 1. The molecule has 26 heavy (non-hydrogen) atoms. The Hall–Kier alpha value is -3.40. The number of carbonyl (C=O) groups is 1. The molecule has 3 aromatic carbocycles. The number of fused-ring (bicyclic) bond motifs is 3. The molecule has 4 heteroatoms. The van der Waals surface area contributed by atoms with Crippen LogP contribution in [0.3, 0.4) is 0 Å². The van der Waals surface area contributed by atoms with Crippen molar-refractivity contribution < 1.29 is 9.63 Å². The Kier molecular flexibility index (Phi) is 3.35. The molecule has 1 aliphatic rings. The summed E-state index contributed by atoms with van der Waals surface area (Å²) in [4.78, 5) is 17.4. The number of aryl methyl sites for hydroxylation is 1. The fraction of sp³-hybridized carbons (Fsp3) is 0.0909. The molecule has 5 rings (SSSR count). The Bertz CT molecular complexity index is 1170. The number of nitrogens with zero attached hydrogens (tertiary/aromatic N) is 2. The average molecular weight is 340 g/mol. The van der Waals surface area contributed by atoms with E-state index in [-0.39, 0.29) is 0 Å². The van der Waals surface area contributed by atoms with Crippen LogP contribution in [0.5, 0.6) is 0 Å². The first-order valence-electron chi connectivity index (χ1n) is 8.66. The van der Waals surface area contributed by atoms with Crippen molar-refractivity contribution in [1.29, 1.82) is 0 Å². The third-order valence-corrected chi connectivity index (χ3v) is 4.92. The van der Waals surface area contributed by atoms with Crippen molar-refractivity contribution in [3.63, 3.8) is 0 Å². The van der Waals surface area contributed by atoms with Crippen LogP contribution in [-0.2, 0) is 11.4 Å².